The second-order valence-electron chi connectivity index (χ2n) is 4.87. The van der Waals surface area contributed by atoms with Gasteiger partial charge in [0.2, 0.25) is 5.88 Å². The Morgan fingerprint density at radius 2 is 2.15 bits per heavy atom. The van der Waals surface area contributed by atoms with Gasteiger partial charge in [0.1, 0.15) is 0 Å². The highest BCUT2D eigenvalue weighted by atomic mass is 79.9. The van der Waals surface area contributed by atoms with E-state index in [4.69, 9.17) is 4.74 Å². The molecule has 1 aromatic heterocycles. The molecule has 0 aliphatic carbocycles. The Kier molecular flexibility index (Phi) is 6.06. The van der Waals surface area contributed by atoms with Crippen molar-refractivity contribution in [1.82, 2.24) is 4.98 Å². The molecule has 0 saturated carbocycles. The zero-order chi connectivity index (χ0) is 14.2. The van der Waals surface area contributed by atoms with Crippen molar-refractivity contribution in [2.75, 3.05) is 6.61 Å². The topological polar surface area (TPSA) is 22.1 Å². The molecule has 1 aromatic carbocycles. The summed E-state index contributed by atoms with van der Waals surface area (Å²) in [7, 11) is 0. The lowest BCUT2D eigenvalue weighted by Gasteiger charge is -2.14. The molecule has 106 valence electrons. The minimum atomic E-state index is 0.426. The van der Waals surface area contributed by atoms with Crippen LogP contribution < -0.4 is 4.74 Å². The number of hydrogen-bond acceptors (Lipinski definition) is 2. The molecule has 1 heterocycles. The SMILES string of the molecule is CCCCC(C=CBr)COc1nccc2ccccc12. The summed E-state index contributed by atoms with van der Waals surface area (Å²) in [5.74, 6) is 1.16. The molecule has 1 atom stereocenters. The van der Waals surface area contributed by atoms with E-state index < -0.39 is 0 Å². The molecular formula is C17H20BrNO. The summed E-state index contributed by atoms with van der Waals surface area (Å²) in [5.41, 5.74) is 0. The van der Waals surface area contributed by atoms with Crippen LogP contribution in [0.2, 0.25) is 0 Å². The van der Waals surface area contributed by atoms with Gasteiger partial charge in [-0.3, -0.25) is 0 Å². The highest BCUT2D eigenvalue weighted by Crippen LogP contribution is 2.23. The number of pyridine rings is 1. The van der Waals surface area contributed by atoms with Gasteiger partial charge in [-0.05, 0) is 28.9 Å². The lowest BCUT2D eigenvalue weighted by molar-refractivity contribution is 0.260. The van der Waals surface area contributed by atoms with E-state index in [0.29, 0.717) is 12.5 Å². The van der Waals surface area contributed by atoms with Crippen LogP contribution in [-0.2, 0) is 0 Å². The van der Waals surface area contributed by atoms with Crippen molar-refractivity contribution in [3.63, 3.8) is 0 Å². The third kappa shape index (κ3) is 4.07. The molecule has 0 spiro atoms. The van der Waals surface area contributed by atoms with Crippen LogP contribution in [0.4, 0.5) is 0 Å². The standard InChI is InChI=1S/C17H20BrNO/c1-2-3-6-14(9-11-18)13-20-17-16-8-5-4-7-15(16)10-12-19-17/h4-5,7-12,14H,2-3,6,13H2,1H3. The zero-order valence-electron chi connectivity index (χ0n) is 11.8. The Morgan fingerprint density at radius 3 is 2.95 bits per heavy atom. The fourth-order valence-corrected chi connectivity index (χ4v) is 2.63. The lowest BCUT2D eigenvalue weighted by Crippen LogP contribution is -2.10. The van der Waals surface area contributed by atoms with E-state index in [0.717, 1.165) is 17.7 Å². The van der Waals surface area contributed by atoms with Crippen LogP contribution in [0.3, 0.4) is 0 Å². The molecule has 1 unspecified atom stereocenters. The number of hydrogen-bond donors (Lipinski definition) is 0. The minimum absolute atomic E-state index is 0.426. The Bertz CT molecular complexity index is 562. The molecule has 0 fully saturated rings. The fraction of sp³-hybridized carbons (Fsp3) is 0.353. The number of nitrogens with zero attached hydrogens (tertiary/aromatic N) is 1. The molecule has 0 aliphatic rings. The monoisotopic (exact) mass is 333 g/mol. The van der Waals surface area contributed by atoms with Crippen LogP contribution >= 0.6 is 15.9 Å². The van der Waals surface area contributed by atoms with Crippen LogP contribution in [0.5, 0.6) is 5.88 Å². The van der Waals surface area contributed by atoms with E-state index >= 15 is 0 Å². The van der Waals surface area contributed by atoms with E-state index in [2.05, 4.69) is 46.0 Å². The van der Waals surface area contributed by atoms with E-state index in [1.165, 1.54) is 18.2 Å². The number of unbranched alkanes of at least 4 members (excludes halogenated alkanes) is 1. The zero-order valence-corrected chi connectivity index (χ0v) is 13.3. The summed E-state index contributed by atoms with van der Waals surface area (Å²) in [4.78, 5) is 6.29. The second kappa shape index (κ2) is 8.05. The normalized spacial score (nSPS) is 12.9. The van der Waals surface area contributed by atoms with Gasteiger partial charge in [0.15, 0.2) is 0 Å². The highest BCUT2D eigenvalue weighted by molar-refractivity contribution is 9.11. The molecule has 3 heteroatoms. The molecule has 0 saturated heterocycles. The number of fused-ring (bicyclic) bond motifs is 1. The van der Waals surface area contributed by atoms with Crippen molar-refractivity contribution < 1.29 is 4.74 Å². The van der Waals surface area contributed by atoms with Gasteiger partial charge in [0.05, 0.1) is 6.61 Å². The largest absolute Gasteiger partial charge is 0.477 e. The second-order valence-corrected chi connectivity index (χ2v) is 5.40. The van der Waals surface area contributed by atoms with Crippen LogP contribution in [0, 0.1) is 5.92 Å². The summed E-state index contributed by atoms with van der Waals surface area (Å²) >= 11 is 3.36. The third-order valence-corrected chi connectivity index (χ3v) is 3.65. The summed E-state index contributed by atoms with van der Waals surface area (Å²) in [5, 5.41) is 2.24. The summed E-state index contributed by atoms with van der Waals surface area (Å²) < 4.78 is 5.95. The van der Waals surface area contributed by atoms with Gasteiger partial charge in [0.25, 0.3) is 0 Å². The molecular weight excluding hydrogens is 314 g/mol. The number of aromatic nitrogens is 1. The molecule has 2 nitrogen and oxygen atoms in total. The summed E-state index contributed by atoms with van der Waals surface area (Å²) in [6.07, 6.45) is 7.52. The van der Waals surface area contributed by atoms with Crippen molar-refractivity contribution in [3.05, 3.63) is 47.6 Å². The number of halogens is 1. The van der Waals surface area contributed by atoms with Gasteiger partial charge < -0.3 is 4.74 Å². The van der Waals surface area contributed by atoms with Crippen LogP contribution in [-0.4, -0.2) is 11.6 Å². The average Bonchev–Trinajstić information content (AvgIpc) is 2.50. The van der Waals surface area contributed by atoms with Crippen molar-refractivity contribution in [2.45, 2.75) is 26.2 Å². The molecule has 2 aromatic rings. The molecule has 0 N–H and O–H groups in total. The number of benzene rings is 1. The van der Waals surface area contributed by atoms with Crippen molar-refractivity contribution in [2.24, 2.45) is 5.92 Å². The van der Waals surface area contributed by atoms with Gasteiger partial charge in [-0.25, -0.2) is 4.98 Å². The first-order valence-electron chi connectivity index (χ1n) is 7.08. The van der Waals surface area contributed by atoms with Crippen LogP contribution in [0.25, 0.3) is 10.8 Å². The van der Waals surface area contributed by atoms with E-state index in [9.17, 15) is 0 Å². The van der Waals surface area contributed by atoms with Gasteiger partial charge in [-0.15, -0.1) is 0 Å². The Hall–Kier alpha value is -1.35. The van der Waals surface area contributed by atoms with Crippen LogP contribution in [0.1, 0.15) is 26.2 Å². The highest BCUT2D eigenvalue weighted by Gasteiger charge is 2.08. The third-order valence-electron chi connectivity index (χ3n) is 3.34. The molecule has 0 bridgehead atoms. The molecule has 0 aliphatic heterocycles. The predicted molar refractivity (Wildman–Crippen MR) is 88.3 cm³/mol. The van der Waals surface area contributed by atoms with Crippen LogP contribution in [0.15, 0.2) is 47.6 Å². The maximum absolute atomic E-state index is 5.95. The molecule has 0 amide bonds. The van der Waals surface area contributed by atoms with Gasteiger partial charge in [-0.2, -0.15) is 0 Å². The van der Waals surface area contributed by atoms with E-state index in [1.54, 1.807) is 6.20 Å². The summed E-state index contributed by atoms with van der Waals surface area (Å²) in [6.45, 7) is 2.88. The van der Waals surface area contributed by atoms with Gasteiger partial charge >= 0.3 is 0 Å². The van der Waals surface area contributed by atoms with Gasteiger partial charge in [0, 0.05) is 17.5 Å². The molecule has 0 radical (unpaired) electrons. The van der Waals surface area contributed by atoms with Gasteiger partial charge in [-0.1, -0.05) is 60.0 Å². The minimum Gasteiger partial charge on any atom is -0.477 e. The lowest BCUT2D eigenvalue weighted by atomic mass is 10.0. The van der Waals surface area contributed by atoms with E-state index in [-0.39, 0.29) is 0 Å². The van der Waals surface area contributed by atoms with Crippen molar-refractivity contribution >= 4 is 26.7 Å². The smallest absolute Gasteiger partial charge is 0.221 e. The first-order valence-corrected chi connectivity index (χ1v) is 8.00. The number of rotatable bonds is 7. The first kappa shape index (κ1) is 15.0. The quantitative estimate of drug-likeness (QED) is 0.683. The molecule has 2 rings (SSSR count). The summed E-state index contributed by atoms with van der Waals surface area (Å²) in [6, 6.07) is 10.2. The Labute approximate surface area is 129 Å². The first-order chi connectivity index (χ1) is 9.85. The average molecular weight is 334 g/mol. The number of ether oxygens (including phenoxy) is 1. The Balaban J connectivity index is 2.07. The van der Waals surface area contributed by atoms with E-state index in [1.807, 2.05) is 23.2 Å². The fourth-order valence-electron chi connectivity index (χ4n) is 2.20. The van der Waals surface area contributed by atoms with Crippen molar-refractivity contribution in [3.8, 4) is 5.88 Å². The maximum atomic E-state index is 5.95. The Morgan fingerprint density at radius 1 is 1.30 bits per heavy atom. The predicted octanol–water partition coefficient (Wildman–Crippen LogP) is 5.33. The van der Waals surface area contributed by atoms with Crippen molar-refractivity contribution in [1.29, 1.82) is 0 Å². The molecule has 20 heavy (non-hydrogen) atoms. The maximum Gasteiger partial charge on any atom is 0.221 e.